The third-order valence-corrected chi connectivity index (χ3v) is 5.02. The van der Waals surface area contributed by atoms with Gasteiger partial charge >= 0.3 is 0 Å². The predicted octanol–water partition coefficient (Wildman–Crippen LogP) is 2.68. The van der Waals surface area contributed by atoms with Gasteiger partial charge in [-0.3, -0.25) is 14.0 Å². The number of carbonyl (C=O) groups is 1. The molecular formula is C17H13ClN4O2S. The van der Waals surface area contributed by atoms with Crippen LogP contribution in [0.2, 0.25) is 5.02 Å². The second kappa shape index (κ2) is 6.34. The molecule has 0 aliphatic heterocycles. The molecule has 0 atom stereocenters. The molecule has 0 saturated heterocycles. The first kappa shape index (κ1) is 15.9. The fourth-order valence-corrected chi connectivity index (χ4v) is 3.58. The monoisotopic (exact) mass is 372 g/mol. The highest BCUT2D eigenvalue weighted by atomic mass is 35.5. The summed E-state index contributed by atoms with van der Waals surface area (Å²) < 4.78 is 3.94. The van der Waals surface area contributed by atoms with Crippen molar-refractivity contribution in [2.24, 2.45) is 0 Å². The van der Waals surface area contributed by atoms with Crippen LogP contribution in [0.15, 0.2) is 52.9 Å². The number of carbonyl (C=O) groups excluding carboxylic acids is 1. The van der Waals surface area contributed by atoms with Crippen LogP contribution in [0.5, 0.6) is 0 Å². The molecule has 0 aliphatic carbocycles. The lowest BCUT2D eigenvalue weighted by atomic mass is 10.2. The van der Waals surface area contributed by atoms with Crippen molar-refractivity contribution in [2.45, 2.75) is 13.1 Å². The van der Waals surface area contributed by atoms with E-state index >= 15 is 0 Å². The topological polar surface area (TPSA) is 68.4 Å². The first-order chi connectivity index (χ1) is 12.1. The van der Waals surface area contributed by atoms with Gasteiger partial charge in [0.2, 0.25) is 5.91 Å². The van der Waals surface area contributed by atoms with Crippen molar-refractivity contribution in [2.75, 3.05) is 0 Å². The van der Waals surface area contributed by atoms with Crippen LogP contribution in [0.3, 0.4) is 0 Å². The Kier molecular flexibility index (Phi) is 4.03. The Morgan fingerprint density at radius 3 is 2.80 bits per heavy atom. The summed E-state index contributed by atoms with van der Waals surface area (Å²) >= 11 is 7.40. The number of amides is 1. The predicted molar refractivity (Wildman–Crippen MR) is 98.1 cm³/mol. The van der Waals surface area contributed by atoms with E-state index in [4.69, 9.17) is 11.6 Å². The summed E-state index contributed by atoms with van der Waals surface area (Å²) in [5.41, 5.74) is 2.11. The Hall–Kier alpha value is -2.64. The summed E-state index contributed by atoms with van der Waals surface area (Å²) in [6.45, 7) is 0.246. The zero-order valence-electron chi connectivity index (χ0n) is 13.0. The van der Waals surface area contributed by atoms with E-state index in [1.807, 2.05) is 29.6 Å². The largest absolute Gasteiger partial charge is 0.350 e. The van der Waals surface area contributed by atoms with Crippen molar-refractivity contribution in [3.8, 4) is 0 Å². The molecular weight excluding hydrogens is 360 g/mol. The highest BCUT2D eigenvalue weighted by Crippen LogP contribution is 2.23. The number of fused-ring (bicyclic) bond motifs is 3. The lowest BCUT2D eigenvalue weighted by Crippen LogP contribution is -2.33. The Bertz CT molecular complexity index is 1130. The van der Waals surface area contributed by atoms with Gasteiger partial charge in [0.1, 0.15) is 18.4 Å². The standard InChI is InChI=1S/C17H13ClN4O2S/c18-12-3-1-11(2-4-12)8-19-16(23)9-22-17(24)14-7-15-13(5-6-25-15)21(14)10-20-22/h1-7,10H,8-9H2,(H,19,23). The number of rotatable bonds is 4. The highest BCUT2D eigenvalue weighted by molar-refractivity contribution is 7.17. The Morgan fingerprint density at radius 2 is 2.00 bits per heavy atom. The summed E-state index contributed by atoms with van der Waals surface area (Å²) in [4.78, 5) is 24.7. The number of nitrogens with zero attached hydrogens (tertiary/aromatic N) is 3. The summed E-state index contributed by atoms with van der Waals surface area (Å²) in [5, 5.41) is 9.50. The van der Waals surface area contributed by atoms with E-state index in [9.17, 15) is 9.59 Å². The van der Waals surface area contributed by atoms with Gasteiger partial charge in [-0.05, 0) is 35.2 Å². The van der Waals surface area contributed by atoms with E-state index in [1.165, 1.54) is 4.68 Å². The van der Waals surface area contributed by atoms with Gasteiger partial charge in [0.05, 0.1) is 10.2 Å². The van der Waals surface area contributed by atoms with Crippen LogP contribution >= 0.6 is 22.9 Å². The zero-order chi connectivity index (χ0) is 17.4. The van der Waals surface area contributed by atoms with E-state index in [0.29, 0.717) is 17.1 Å². The van der Waals surface area contributed by atoms with Crippen molar-refractivity contribution < 1.29 is 4.79 Å². The molecule has 6 nitrogen and oxygen atoms in total. The molecule has 3 heterocycles. The van der Waals surface area contributed by atoms with Gasteiger partial charge in [-0.25, -0.2) is 4.68 Å². The molecule has 126 valence electrons. The van der Waals surface area contributed by atoms with Gasteiger partial charge in [-0.15, -0.1) is 11.3 Å². The number of aromatic nitrogens is 3. The van der Waals surface area contributed by atoms with Crippen molar-refractivity contribution >= 4 is 44.6 Å². The first-order valence-electron chi connectivity index (χ1n) is 7.57. The maximum atomic E-state index is 12.5. The van der Waals surface area contributed by atoms with Crippen LogP contribution in [0.1, 0.15) is 5.56 Å². The summed E-state index contributed by atoms with van der Waals surface area (Å²) in [6.07, 6.45) is 1.57. The van der Waals surface area contributed by atoms with Crippen molar-refractivity contribution in [1.82, 2.24) is 19.5 Å². The molecule has 0 fully saturated rings. The molecule has 1 aromatic carbocycles. The van der Waals surface area contributed by atoms with Crippen molar-refractivity contribution in [3.63, 3.8) is 0 Å². The number of thiophene rings is 1. The molecule has 4 rings (SSSR count). The third kappa shape index (κ3) is 3.04. The van der Waals surface area contributed by atoms with Gasteiger partial charge in [-0.2, -0.15) is 5.10 Å². The maximum Gasteiger partial charge on any atom is 0.291 e. The van der Waals surface area contributed by atoms with Crippen LogP contribution in [-0.2, 0) is 17.9 Å². The molecule has 1 amide bonds. The Balaban J connectivity index is 1.51. The van der Waals surface area contributed by atoms with Crippen LogP contribution in [0.25, 0.3) is 15.7 Å². The lowest BCUT2D eigenvalue weighted by molar-refractivity contribution is -0.122. The summed E-state index contributed by atoms with van der Waals surface area (Å²) in [7, 11) is 0. The normalized spacial score (nSPS) is 11.2. The fraction of sp³-hybridized carbons (Fsp3) is 0.118. The highest BCUT2D eigenvalue weighted by Gasteiger charge is 2.12. The average molecular weight is 373 g/mol. The number of nitrogens with one attached hydrogen (secondary N) is 1. The molecule has 4 aromatic rings. The molecule has 25 heavy (non-hydrogen) atoms. The van der Waals surface area contributed by atoms with E-state index in [-0.39, 0.29) is 18.0 Å². The molecule has 0 radical (unpaired) electrons. The summed E-state index contributed by atoms with van der Waals surface area (Å²) in [6, 6.07) is 11.0. The van der Waals surface area contributed by atoms with Crippen LogP contribution in [0.4, 0.5) is 0 Å². The van der Waals surface area contributed by atoms with E-state index < -0.39 is 0 Å². The molecule has 8 heteroatoms. The van der Waals surface area contributed by atoms with E-state index in [1.54, 1.807) is 34.2 Å². The van der Waals surface area contributed by atoms with Crippen LogP contribution in [0, 0.1) is 0 Å². The Labute approximate surface area is 151 Å². The van der Waals surface area contributed by atoms with Crippen LogP contribution in [-0.4, -0.2) is 20.1 Å². The minimum atomic E-state index is -0.285. The quantitative estimate of drug-likeness (QED) is 0.599. The van der Waals surface area contributed by atoms with Gasteiger partial charge in [-0.1, -0.05) is 23.7 Å². The van der Waals surface area contributed by atoms with Crippen molar-refractivity contribution in [3.05, 3.63) is 69.0 Å². The van der Waals surface area contributed by atoms with E-state index in [0.717, 1.165) is 15.8 Å². The minimum absolute atomic E-state index is 0.123. The molecule has 0 spiro atoms. The molecule has 1 N–H and O–H groups in total. The fourth-order valence-electron chi connectivity index (χ4n) is 2.64. The number of hydrogen-bond acceptors (Lipinski definition) is 4. The van der Waals surface area contributed by atoms with E-state index in [2.05, 4.69) is 10.4 Å². The smallest absolute Gasteiger partial charge is 0.291 e. The van der Waals surface area contributed by atoms with Gasteiger partial charge in [0.15, 0.2) is 0 Å². The SMILES string of the molecule is O=C(Cn1ncn2c(cc3sccc32)c1=O)NCc1ccc(Cl)cc1. The van der Waals surface area contributed by atoms with Gasteiger partial charge in [0.25, 0.3) is 5.56 Å². The first-order valence-corrected chi connectivity index (χ1v) is 8.83. The minimum Gasteiger partial charge on any atom is -0.350 e. The Morgan fingerprint density at radius 1 is 1.20 bits per heavy atom. The second-order valence-corrected chi connectivity index (χ2v) is 6.95. The lowest BCUT2D eigenvalue weighted by Gasteiger charge is -2.07. The second-order valence-electron chi connectivity index (χ2n) is 5.57. The van der Waals surface area contributed by atoms with Gasteiger partial charge < -0.3 is 5.32 Å². The molecule has 0 bridgehead atoms. The van der Waals surface area contributed by atoms with Crippen LogP contribution < -0.4 is 10.9 Å². The molecule has 0 saturated carbocycles. The molecule has 0 aliphatic rings. The number of hydrogen-bond donors (Lipinski definition) is 1. The average Bonchev–Trinajstić information content (AvgIpc) is 3.19. The number of halogens is 1. The number of benzene rings is 1. The van der Waals surface area contributed by atoms with Crippen molar-refractivity contribution in [1.29, 1.82) is 0 Å². The summed E-state index contributed by atoms with van der Waals surface area (Å²) in [5.74, 6) is -0.276. The molecule has 3 aromatic heterocycles. The zero-order valence-corrected chi connectivity index (χ0v) is 14.5. The molecule has 0 unspecified atom stereocenters. The van der Waals surface area contributed by atoms with Gasteiger partial charge in [0, 0.05) is 11.6 Å². The maximum absolute atomic E-state index is 12.5. The third-order valence-electron chi connectivity index (χ3n) is 3.92.